The first kappa shape index (κ1) is 20.0. The number of nitrogens with one attached hydrogen (secondary N) is 1. The van der Waals surface area contributed by atoms with E-state index in [1.165, 1.54) is 39.6 Å². The fraction of sp³-hybridized carbons (Fsp3) is 0.250. The molecule has 0 saturated heterocycles. The van der Waals surface area contributed by atoms with E-state index in [9.17, 15) is 14.4 Å². The molecule has 0 spiro atoms. The molecule has 3 rings (SSSR count). The molecular formula is C20H20N2O4S2. The topological polar surface area (TPSA) is 81.3 Å². The van der Waals surface area contributed by atoms with Gasteiger partial charge < -0.3 is 9.73 Å². The molecule has 28 heavy (non-hydrogen) atoms. The summed E-state index contributed by atoms with van der Waals surface area (Å²) in [6, 6.07) is 6.98. The highest BCUT2D eigenvalue weighted by Gasteiger charge is 2.12. The van der Waals surface area contributed by atoms with Crippen LogP contribution in [0.4, 0.5) is 0 Å². The van der Waals surface area contributed by atoms with Gasteiger partial charge >= 0.3 is 0 Å². The van der Waals surface area contributed by atoms with Gasteiger partial charge in [0.15, 0.2) is 5.76 Å². The van der Waals surface area contributed by atoms with Crippen molar-refractivity contribution in [1.82, 2.24) is 9.88 Å². The SMILES string of the molecule is CC(C)CNC(=O)Cn1c(=O)/c(=C\c2cccs2)s/c1=C\C(=O)c1ccco1. The molecule has 6 nitrogen and oxygen atoms in total. The summed E-state index contributed by atoms with van der Waals surface area (Å²) in [6.45, 7) is 4.37. The number of thiophene rings is 1. The molecule has 0 radical (unpaired) electrons. The number of amides is 1. The number of thiazole rings is 1. The maximum atomic E-state index is 12.9. The number of hydrogen-bond acceptors (Lipinski definition) is 6. The fourth-order valence-corrected chi connectivity index (χ4v) is 4.18. The Morgan fingerprint density at radius 1 is 1.29 bits per heavy atom. The van der Waals surface area contributed by atoms with Gasteiger partial charge in [-0.2, -0.15) is 0 Å². The molecule has 0 aliphatic rings. The fourth-order valence-electron chi connectivity index (χ4n) is 2.41. The van der Waals surface area contributed by atoms with Crippen LogP contribution >= 0.6 is 22.7 Å². The number of Topliss-reactive ketones (excluding diaryl/α,β-unsaturated/α-hetero) is 1. The van der Waals surface area contributed by atoms with Gasteiger partial charge in [0, 0.05) is 17.5 Å². The first-order valence-corrected chi connectivity index (χ1v) is 10.4. The van der Waals surface area contributed by atoms with Crippen molar-refractivity contribution >= 4 is 46.5 Å². The van der Waals surface area contributed by atoms with E-state index in [1.807, 2.05) is 31.4 Å². The smallest absolute Gasteiger partial charge is 0.269 e. The van der Waals surface area contributed by atoms with Gasteiger partial charge in [-0.25, -0.2) is 0 Å². The minimum absolute atomic E-state index is 0.141. The molecule has 0 unspecified atom stereocenters. The highest BCUT2D eigenvalue weighted by molar-refractivity contribution is 7.11. The molecule has 0 bridgehead atoms. The summed E-state index contributed by atoms with van der Waals surface area (Å²) in [4.78, 5) is 38.5. The number of carbonyl (C=O) groups is 2. The largest absolute Gasteiger partial charge is 0.461 e. The number of rotatable bonds is 7. The standard InChI is InChI=1S/C20H20N2O4S2/c1-13(2)11-21-18(24)12-22-19(10-15(23)16-6-3-7-26-16)28-17(20(22)25)9-14-5-4-8-27-14/h3-10,13H,11-12H2,1-2H3,(H,21,24)/b17-9+,19-10-. The van der Waals surface area contributed by atoms with Crippen LogP contribution in [0.15, 0.2) is 45.1 Å². The Bertz CT molecular complexity index is 1120. The third-order valence-electron chi connectivity index (χ3n) is 3.78. The predicted molar refractivity (Wildman–Crippen MR) is 111 cm³/mol. The zero-order valence-electron chi connectivity index (χ0n) is 15.5. The molecule has 3 aromatic heterocycles. The summed E-state index contributed by atoms with van der Waals surface area (Å²) in [7, 11) is 0. The summed E-state index contributed by atoms with van der Waals surface area (Å²) >= 11 is 2.69. The molecule has 1 amide bonds. The molecule has 3 aromatic rings. The number of hydrogen-bond donors (Lipinski definition) is 1. The molecule has 3 heterocycles. The zero-order chi connectivity index (χ0) is 20.1. The molecule has 0 aliphatic heterocycles. The Balaban J connectivity index is 2.02. The van der Waals surface area contributed by atoms with E-state index in [0.717, 1.165) is 4.88 Å². The Hall–Kier alpha value is -2.71. The molecular weight excluding hydrogens is 396 g/mol. The van der Waals surface area contributed by atoms with Crippen molar-refractivity contribution in [1.29, 1.82) is 0 Å². The quantitative estimate of drug-likeness (QED) is 0.596. The summed E-state index contributed by atoms with van der Waals surface area (Å²) < 4.78 is 7.34. The maximum absolute atomic E-state index is 12.9. The molecule has 0 fully saturated rings. The average molecular weight is 417 g/mol. The van der Waals surface area contributed by atoms with E-state index in [0.29, 0.717) is 21.7 Å². The molecule has 146 valence electrons. The predicted octanol–water partition coefficient (Wildman–Crippen LogP) is 1.83. The third kappa shape index (κ3) is 4.96. The molecule has 8 heteroatoms. The van der Waals surface area contributed by atoms with Gasteiger partial charge in [0.05, 0.1) is 10.8 Å². The zero-order valence-corrected chi connectivity index (χ0v) is 17.1. The van der Waals surface area contributed by atoms with Crippen LogP contribution in [-0.2, 0) is 11.3 Å². The van der Waals surface area contributed by atoms with Crippen LogP contribution in [0.1, 0.15) is 29.3 Å². The van der Waals surface area contributed by atoms with Gasteiger partial charge in [-0.05, 0) is 35.6 Å². The number of ketones is 1. The van der Waals surface area contributed by atoms with Crippen molar-refractivity contribution in [2.24, 2.45) is 5.92 Å². The van der Waals surface area contributed by atoms with Gasteiger partial charge in [0.2, 0.25) is 11.7 Å². The second kappa shape index (κ2) is 8.99. The lowest BCUT2D eigenvalue weighted by Gasteiger charge is -2.07. The molecule has 0 aliphatic carbocycles. The summed E-state index contributed by atoms with van der Waals surface area (Å²) in [5.41, 5.74) is -0.295. The Morgan fingerprint density at radius 2 is 2.11 bits per heavy atom. The van der Waals surface area contributed by atoms with E-state index in [4.69, 9.17) is 4.42 Å². The summed E-state index contributed by atoms with van der Waals surface area (Å²) in [5, 5.41) is 4.72. The molecule has 0 saturated carbocycles. The maximum Gasteiger partial charge on any atom is 0.269 e. The number of aromatic nitrogens is 1. The monoisotopic (exact) mass is 416 g/mol. The lowest BCUT2D eigenvalue weighted by molar-refractivity contribution is -0.121. The van der Waals surface area contributed by atoms with Gasteiger partial charge in [0.25, 0.3) is 5.56 Å². The normalized spacial score (nSPS) is 12.7. The van der Waals surface area contributed by atoms with Crippen LogP contribution in [0.2, 0.25) is 0 Å². The van der Waals surface area contributed by atoms with Crippen molar-refractivity contribution < 1.29 is 14.0 Å². The van der Waals surface area contributed by atoms with Gasteiger partial charge in [-0.1, -0.05) is 19.9 Å². The van der Waals surface area contributed by atoms with Crippen molar-refractivity contribution in [2.75, 3.05) is 6.54 Å². The van der Waals surface area contributed by atoms with Crippen LogP contribution in [-0.4, -0.2) is 22.8 Å². The van der Waals surface area contributed by atoms with Gasteiger partial charge in [-0.15, -0.1) is 22.7 Å². The van der Waals surface area contributed by atoms with E-state index < -0.39 is 0 Å². The number of furan rings is 1. The average Bonchev–Trinajstić information content (AvgIpc) is 3.40. The lowest BCUT2D eigenvalue weighted by Crippen LogP contribution is -2.39. The number of nitrogens with zero attached hydrogens (tertiary/aromatic N) is 1. The minimum atomic E-state index is -0.356. The van der Waals surface area contributed by atoms with Crippen molar-refractivity contribution in [3.8, 4) is 0 Å². The van der Waals surface area contributed by atoms with Crippen molar-refractivity contribution in [3.63, 3.8) is 0 Å². The third-order valence-corrected chi connectivity index (χ3v) is 5.66. The summed E-state index contributed by atoms with van der Waals surface area (Å²) in [6.07, 6.45) is 4.53. The Morgan fingerprint density at radius 3 is 2.75 bits per heavy atom. The second-order valence-electron chi connectivity index (χ2n) is 6.54. The minimum Gasteiger partial charge on any atom is -0.461 e. The van der Waals surface area contributed by atoms with Crippen LogP contribution < -0.4 is 20.1 Å². The molecule has 0 aromatic carbocycles. The lowest BCUT2D eigenvalue weighted by atomic mass is 10.2. The number of carbonyl (C=O) groups excluding carboxylic acids is 2. The van der Waals surface area contributed by atoms with E-state index >= 15 is 0 Å². The Kier molecular flexibility index (Phi) is 6.43. The highest BCUT2D eigenvalue weighted by Crippen LogP contribution is 2.08. The summed E-state index contributed by atoms with van der Waals surface area (Å²) in [5.74, 6) is -0.139. The van der Waals surface area contributed by atoms with Crippen LogP contribution in [0, 0.1) is 5.92 Å². The van der Waals surface area contributed by atoms with E-state index in [1.54, 1.807) is 18.2 Å². The first-order chi connectivity index (χ1) is 13.4. The van der Waals surface area contributed by atoms with Gasteiger partial charge in [0.1, 0.15) is 11.2 Å². The van der Waals surface area contributed by atoms with E-state index in [2.05, 4.69) is 5.32 Å². The Labute approximate surface area is 169 Å². The molecule has 0 atom stereocenters. The van der Waals surface area contributed by atoms with Crippen molar-refractivity contribution in [2.45, 2.75) is 20.4 Å². The molecule has 1 N–H and O–H groups in total. The van der Waals surface area contributed by atoms with Crippen LogP contribution in [0.25, 0.3) is 12.2 Å². The van der Waals surface area contributed by atoms with Crippen LogP contribution in [0.3, 0.4) is 0 Å². The van der Waals surface area contributed by atoms with Crippen LogP contribution in [0.5, 0.6) is 0 Å². The second-order valence-corrected chi connectivity index (χ2v) is 8.58. The van der Waals surface area contributed by atoms with Crippen molar-refractivity contribution in [3.05, 3.63) is 66.1 Å². The van der Waals surface area contributed by atoms with E-state index in [-0.39, 0.29) is 29.6 Å². The highest BCUT2D eigenvalue weighted by atomic mass is 32.1. The first-order valence-electron chi connectivity index (χ1n) is 8.75. The van der Waals surface area contributed by atoms with Gasteiger partial charge in [-0.3, -0.25) is 19.0 Å².